The molecule has 0 aromatic heterocycles. The van der Waals surface area contributed by atoms with Gasteiger partial charge in [-0.25, -0.2) is 8.42 Å². The van der Waals surface area contributed by atoms with Gasteiger partial charge in [-0.05, 0) is 42.5 Å². The van der Waals surface area contributed by atoms with Gasteiger partial charge >= 0.3 is 0 Å². The fourth-order valence-corrected chi connectivity index (χ4v) is 5.60. The minimum Gasteiger partial charge on any atom is -0.384 e. The van der Waals surface area contributed by atoms with Gasteiger partial charge in [0.2, 0.25) is 15.9 Å². The van der Waals surface area contributed by atoms with E-state index < -0.39 is 10.0 Å². The van der Waals surface area contributed by atoms with Crippen LogP contribution in [-0.4, -0.2) is 70.1 Å². The van der Waals surface area contributed by atoms with E-state index in [-0.39, 0.29) is 11.9 Å². The van der Waals surface area contributed by atoms with Crippen molar-refractivity contribution in [3.05, 3.63) is 29.3 Å². The monoisotopic (exact) mass is 396 g/mol. The highest BCUT2D eigenvalue weighted by Crippen LogP contribution is 2.29. The molecule has 7 nitrogen and oxygen atoms in total. The maximum absolute atomic E-state index is 13.1. The van der Waals surface area contributed by atoms with E-state index in [2.05, 4.69) is 0 Å². The first-order chi connectivity index (χ1) is 13.0. The highest BCUT2D eigenvalue weighted by Gasteiger charge is 2.35. The molecule has 2 aliphatic heterocycles. The summed E-state index contributed by atoms with van der Waals surface area (Å²) in [5.74, 6) is 0.0375. The van der Waals surface area contributed by atoms with Crippen LogP contribution in [0.4, 0.5) is 0 Å². The highest BCUT2D eigenvalue weighted by molar-refractivity contribution is 7.89. The summed E-state index contributed by atoms with van der Waals surface area (Å²) in [6.07, 6.45) is 2.75. The number of carbonyl (C=O) groups excluding carboxylic acids is 1. The molecule has 0 N–H and O–H groups in total. The molecule has 1 saturated heterocycles. The Bertz CT molecular complexity index is 780. The first kappa shape index (κ1) is 20.3. The molecule has 0 saturated carbocycles. The zero-order valence-electron chi connectivity index (χ0n) is 16.0. The topological polar surface area (TPSA) is 76.2 Å². The number of rotatable bonds is 7. The van der Waals surface area contributed by atoms with Gasteiger partial charge in [-0.1, -0.05) is 6.07 Å². The van der Waals surface area contributed by atoms with Crippen LogP contribution < -0.4 is 0 Å². The average molecular weight is 397 g/mol. The number of fused-ring (bicyclic) bond motifs is 1. The van der Waals surface area contributed by atoms with Crippen molar-refractivity contribution in [2.45, 2.75) is 43.2 Å². The summed E-state index contributed by atoms with van der Waals surface area (Å²) in [7, 11) is -0.397. The van der Waals surface area contributed by atoms with E-state index in [0.29, 0.717) is 44.2 Å². The van der Waals surface area contributed by atoms with Crippen LogP contribution in [0.2, 0.25) is 0 Å². The number of carbonyl (C=O) groups is 1. The zero-order valence-corrected chi connectivity index (χ0v) is 16.8. The molecule has 0 bridgehead atoms. The number of nitrogens with zero attached hydrogens (tertiary/aromatic N) is 2. The number of methoxy groups -OCH3 is 2. The van der Waals surface area contributed by atoms with Crippen LogP contribution >= 0.6 is 0 Å². The molecule has 1 fully saturated rings. The molecule has 0 aliphatic carbocycles. The quantitative estimate of drug-likeness (QED) is 0.697. The lowest BCUT2D eigenvalue weighted by molar-refractivity contribution is -0.133. The van der Waals surface area contributed by atoms with Gasteiger partial charge in [-0.15, -0.1) is 0 Å². The maximum atomic E-state index is 13.1. The Morgan fingerprint density at radius 3 is 2.74 bits per heavy atom. The predicted octanol–water partition coefficient (Wildman–Crippen LogP) is 1.41. The summed E-state index contributed by atoms with van der Waals surface area (Å²) in [5, 5.41) is 0. The van der Waals surface area contributed by atoms with Crippen molar-refractivity contribution in [1.82, 2.24) is 9.21 Å². The van der Waals surface area contributed by atoms with Crippen molar-refractivity contribution in [3.63, 3.8) is 0 Å². The summed E-state index contributed by atoms with van der Waals surface area (Å²) in [6, 6.07) is 5.21. The van der Waals surface area contributed by atoms with Crippen LogP contribution in [0, 0.1) is 0 Å². The van der Waals surface area contributed by atoms with Crippen molar-refractivity contribution in [1.29, 1.82) is 0 Å². The first-order valence-corrected chi connectivity index (χ1v) is 10.8. The molecule has 150 valence electrons. The second kappa shape index (κ2) is 8.68. The number of ether oxygens (including phenoxy) is 2. The Labute approximate surface area is 161 Å². The Balaban J connectivity index is 1.80. The minimum atomic E-state index is -3.57. The van der Waals surface area contributed by atoms with Gasteiger partial charge in [0.05, 0.1) is 24.5 Å². The summed E-state index contributed by atoms with van der Waals surface area (Å²) in [5.41, 5.74) is 2.02. The Morgan fingerprint density at radius 2 is 2.00 bits per heavy atom. The molecule has 1 aromatic carbocycles. The summed E-state index contributed by atoms with van der Waals surface area (Å²) < 4.78 is 38.0. The van der Waals surface area contributed by atoms with Crippen LogP contribution in [0.1, 0.15) is 30.4 Å². The highest BCUT2D eigenvalue weighted by atomic mass is 32.2. The number of hydrogen-bond donors (Lipinski definition) is 0. The molecule has 0 spiro atoms. The molecule has 1 atom stereocenters. The van der Waals surface area contributed by atoms with Gasteiger partial charge < -0.3 is 14.4 Å². The smallest absolute Gasteiger partial charge is 0.243 e. The van der Waals surface area contributed by atoms with E-state index >= 15 is 0 Å². The molecule has 2 heterocycles. The molecular formula is C19H28N2O5S. The second-order valence-electron chi connectivity index (χ2n) is 7.11. The largest absolute Gasteiger partial charge is 0.384 e. The van der Waals surface area contributed by atoms with E-state index in [9.17, 15) is 13.2 Å². The molecule has 1 aromatic rings. The van der Waals surface area contributed by atoms with Crippen LogP contribution in [0.3, 0.4) is 0 Å². The number of benzene rings is 1. The van der Waals surface area contributed by atoms with E-state index in [1.165, 1.54) is 0 Å². The van der Waals surface area contributed by atoms with Gasteiger partial charge in [0.25, 0.3) is 0 Å². The van der Waals surface area contributed by atoms with Crippen molar-refractivity contribution in [2.75, 3.05) is 40.5 Å². The fourth-order valence-electron chi connectivity index (χ4n) is 3.87. The van der Waals surface area contributed by atoms with Gasteiger partial charge in [0.15, 0.2) is 0 Å². The minimum absolute atomic E-state index is 0.0375. The van der Waals surface area contributed by atoms with Crippen molar-refractivity contribution < 1.29 is 22.7 Å². The van der Waals surface area contributed by atoms with Crippen molar-refractivity contribution in [3.8, 4) is 0 Å². The maximum Gasteiger partial charge on any atom is 0.243 e. The van der Waals surface area contributed by atoms with Gasteiger partial charge in [0.1, 0.15) is 0 Å². The molecule has 2 aliphatic rings. The van der Waals surface area contributed by atoms with Crippen LogP contribution in [0.25, 0.3) is 0 Å². The van der Waals surface area contributed by atoms with Crippen molar-refractivity contribution >= 4 is 15.9 Å². The molecule has 0 radical (unpaired) electrons. The number of sulfonamides is 1. The third-order valence-electron chi connectivity index (χ3n) is 5.35. The van der Waals surface area contributed by atoms with Crippen LogP contribution in [-0.2, 0) is 37.3 Å². The van der Waals surface area contributed by atoms with Crippen LogP contribution in [0.15, 0.2) is 23.1 Å². The fraction of sp³-hybridized carbons (Fsp3) is 0.632. The van der Waals surface area contributed by atoms with E-state index in [4.69, 9.17) is 9.47 Å². The summed E-state index contributed by atoms with van der Waals surface area (Å²) >= 11 is 0. The Kier molecular flexibility index (Phi) is 6.52. The standard InChI is InChI=1S/C19H28N2O5S/c1-25-11-8-19(22)20-10-7-15-5-6-18(12-16(15)13-20)27(23,24)21-9-3-4-17(21)14-26-2/h5-6,12,17H,3-4,7-11,13-14H2,1-2H3/t17-/m0/s1. The lowest BCUT2D eigenvalue weighted by atomic mass is 10.00. The average Bonchev–Trinajstić information content (AvgIpc) is 3.14. The third-order valence-corrected chi connectivity index (χ3v) is 7.30. The number of amides is 1. The second-order valence-corrected chi connectivity index (χ2v) is 9.00. The van der Waals surface area contributed by atoms with Crippen molar-refractivity contribution in [2.24, 2.45) is 0 Å². The summed E-state index contributed by atoms with van der Waals surface area (Å²) in [4.78, 5) is 14.4. The SMILES string of the molecule is COCCC(=O)N1CCc2ccc(S(=O)(=O)N3CCC[C@H]3COC)cc2C1. The molecule has 8 heteroatoms. The van der Waals surface area contributed by atoms with E-state index in [1.807, 2.05) is 6.07 Å². The zero-order chi connectivity index (χ0) is 19.4. The molecule has 1 amide bonds. The van der Waals surface area contributed by atoms with Gasteiger partial charge in [0, 0.05) is 39.9 Å². The molecule has 27 heavy (non-hydrogen) atoms. The van der Waals surface area contributed by atoms with E-state index in [0.717, 1.165) is 30.4 Å². The summed E-state index contributed by atoms with van der Waals surface area (Å²) in [6.45, 7) is 2.43. The number of hydrogen-bond acceptors (Lipinski definition) is 5. The molecule has 3 rings (SSSR count). The Morgan fingerprint density at radius 1 is 1.19 bits per heavy atom. The Hall–Kier alpha value is -1.48. The normalized spacial score (nSPS) is 20.7. The van der Waals surface area contributed by atoms with Crippen LogP contribution in [0.5, 0.6) is 0 Å². The predicted molar refractivity (Wildman–Crippen MR) is 101 cm³/mol. The first-order valence-electron chi connectivity index (χ1n) is 9.36. The lowest BCUT2D eigenvalue weighted by Gasteiger charge is -2.30. The van der Waals surface area contributed by atoms with E-state index in [1.54, 1.807) is 35.6 Å². The van der Waals surface area contributed by atoms with Gasteiger partial charge in [-0.2, -0.15) is 4.31 Å². The third kappa shape index (κ3) is 4.34. The molecular weight excluding hydrogens is 368 g/mol. The lowest BCUT2D eigenvalue weighted by Crippen LogP contribution is -2.38. The molecule has 0 unspecified atom stereocenters. The van der Waals surface area contributed by atoms with Gasteiger partial charge in [-0.3, -0.25) is 4.79 Å².